The summed E-state index contributed by atoms with van der Waals surface area (Å²) < 4.78 is 6.27. The maximum Gasteiger partial charge on any atom is 0.122 e. The summed E-state index contributed by atoms with van der Waals surface area (Å²) in [5.41, 5.74) is 7.15. The van der Waals surface area contributed by atoms with Crippen LogP contribution in [0.25, 0.3) is 0 Å². The van der Waals surface area contributed by atoms with Crippen LogP contribution in [0.1, 0.15) is 45.6 Å². The molecule has 106 valence electrons. The van der Waals surface area contributed by atoms with Gasteiger partial charge in [-0.15, -0.1) is 0 Å². The van der Waals surface area contributed by atoms with E-state index in [9.17, 15) is 0 Å². The van der Waals surface area contributed by atoms with Gasteiger partial charge in [0.1, 0.15) is 5.75 Å². The van der Waals surface area contributed by atoms with Gasteiger partial charge in [-0.05, 0) is 56.1 Å². The number of ether oxygens (including phenoxy) is 1. The second-order valence-corrected chi connectivity index (χ2v) is 6.45. The van der Waals surface area contributed by atoms with Gasteiger partial charge in [0.15, 0.2) is 0 Å². The van der Waals surface area contributed by atoms with Crippen molar-refractivity contribution in [1.82, 2.24) is 0 Å². The lowest BCUT2D eigenvalue weighted by Crippen LogP contribution is -2.29. The Labute approximate surface area is 117 Å². The minimum Gasteiger partial charge on any atom is -0.490 e. The molecule has 0 bridgehead atoms. The molecule has 0 aliphatic heterocycles. The van der Waals surface area contributed by atoms with Gasteiger partial charge in [-0.25, -0.2) is 0 Å². The van der Waals surface area contributed by atoms with Gasteiger partial charge in [-0.3, -0.25) is 0 Å². The van der Waals surface area contributed by atoms with Gasteiger partial charge < -0.3 is 10.5 Å². The normalized spacial score (nSPS) is 28.9. The van der Waals surface area contributed by atoms with Crippen LogP contribution >= 0.6 is 0 Å². The van der Waals surface area contributed by atoms with Crippen LogP contribution in [-0.4, -0.2) is 12.1 Å². The number of nitrogens with two attached hydrogens (primary N) is 1. The van der Waals surface area contributed by atoms with Gasteiger partial charge in [0.25, 0.3) is 0 Å². The highest BCUT2D eigenvalue weighted by atomic mass is 16.5. The Morgan fingerprint density at radius 2 is 1.79 bits per heavy atom. The minimum absolute atomic E-state index is 0.175. The molecular weight excluding hydrogens is 234 g/mol. The predicted octanol–water partition coefficient (Wildman–Crippen LogP) is 3.78. The average molecular weight is 261 g/mol. The average Bonchev–Trinajstić information content (AvgIpc) is 2.29. The molecule has 2 nitrogen and oxygen atoms in total. The molecule has 1 aliphatic carbocycles. The van der Waals surface area contributed by atoms with Gasteiger partial charge in [-0.2, -0.15) is 0 Å². The van der Waals surface area contributed by atoms with Gasteiger partial charge in [0.2, 0.25) is 0 Å². The molecular formula is C17H27NO. The Balaban J connectivity index is 2.05. The van der Waals surface area contributed by atoms with E-state index in [1.165, 1.54) is 24.8 Å². The largest absolute Gasteiger partial charge is 0.490 e. The zero-order valence-electron chi connectivity index (χ0n) is 12.4. The second kappa shape index (κ2) is 6.42. The highest BCUT2D eigenvalue weighted by molar-refractivity contribution is 5.34. The summed E-state index contributed by atoms with van der Waals surface area (Å²) in [6.45, 7) is 6.71. The van der Waals surface area contributed by atoms with E-state index in [2.05, 4.69) is 38.1 Å². The van der Waals surface area contributed by atoms with E-state index < -0.39 is 0 Å². The van der Waals surface area contributed by atoms with Crippen molar-refractivity contribution in [1.29, 1.82) is 0 Å². The molecule has 1 aromatic carbocycles. The second-order valence-electron chi connectivity index (χ2n) is 6.45. The summed E-state index contributed by atoms with van der Waals surface area (Å²) in [6, 6.07) is 8.51. The summed E-state index contributed by atoms with van der Waals surface area (Å²) in [6.07, 6.45) is 4.94. The lowest BCUT2D eigenvalue weighted by molar-refractivity contribution is 0.1000. The quantitative estimate of drug-likeness (QED) is 0.895. The monoisotopic (exact) mass is 261 g/mol. The Morgan fingerprint density at radius 1 is 1.16 bits per heavy atom. The molecule has 0 saturated heterocycles. The van der Waals surface area contributed by atoms with E-state index >= 15 is 0 Å². The Hall–Kier alpha value is -1.02. The molecule has 1 aliphatic rings. The molecule has 1 aromatic rings. The molecule has 2 rings (SSSR count). The number of hydrogen-bond acceptors (Lipinski definition) is 2. The van der Waals surface area contributed by atoms with Crippen LogP contribution in [0.15, 0.2) is 24.3 Å². The van der Waals surface area contributed by atoms with Crippen molar-refractivity contribution in [2.45, 2.75) is 58.6 Å². The van der Waals surface area contributed by atoms with Crippen LogP contribution in [0, 0.1) is 11.8 Å². The lowest BCUT2D eigenvalue weighted by atomic mass is 9.82. The fraction of sp³-hybridized carbons (Fsp3) is 0.647. The van der Waals surface area contributed by atoms with Crippen molar-refractivity contribution in [3.8, 4) is 5.75 Å². The molecule has 0 heterocycles. The van der Waals surface area contributed by atoms with E-state index in [1.54, 1.807) is 0 Å². The zero-order chi connectivity index (χ0) is 13.8. The Morgan fingerprint density at radius 3 is 2.42 bits per heavy atom. The molecule has 2 N–H and O–H groups in total. The third kappa shape index (κ3) is 4.24. The summed E-state index contributed by atoms with van der Waals surface area (Å²) in [4.78, 5) is 0. The molecule has 1 fully saturated rings. The number of hydrogen-bond donors (Lipinski definition) is 1. The molecule has 1 saturated carbocycles. The molecule has 0 radical (unpaired) electrons. The molecule has 0 aromatic heterocycles. The lowest BCUT2D eigenvalue weighted by Gasteiger charge is -2.32. The van der Waals surface area contributed by atoms with Crippen LogP contribution in [-0.2, 0) is 6.42 Å². The standard InChI is InChI=1S/C17H27NO/c1-12-8-13(2)10-16(9-12)19-17-7-5-4-6-15(17)11-14(3)18/h4-7,12-14,16H,8-11,18H2,1-3H3. The third-order valence-electron chi connectivity index (χ3n) is 3.94. The van der Waals surface area contributed by atoms with Crippen molar-refractivity contribution in [3.63, 3.8) is 0 Å². The van der Waals surface area contributed by atoms with Gasteiger partial charge >= 0.3 is 0 Å². The number of rotatable bonds is 4. The highest BCUT2D eigenvalue weighted by Gasteiger charge is 2.25. The van der Waals surface area contributed by atoms with Crippen LogP contribution in [0.5, 0.6) is 5.75 Å². The predicted molar refractivity (Wildman–Crippen MR) is 80.4 cm³/mol. The highest BCUT2D eigenvalue weighted by Crippen LogP contribution is 2.32. The van der Waals surface area contributed by atoms with Crippen molar-refractivity contribution in [2.24, 2.45) is 17.6 Å². The first kappa shape index (κ1) is 14.4. The first-order valence-corrected chi connectivity index (χ1v) is 7.54. The Kier molecular flexibility index (Phi) is 4.87. The van der Waals surface area contributed by atoms with E-state index in [0.717, 1.165) is 24.0 Å². The van der Waals surface area contributed by atoms with Gasteiger partial charge in [-0.1, -0.05) is 32.0 Å². The van der Waals surface area contributed by atoms with Crippen molar-refractivity contribution in [2.75, 3.05) is 0 Å². The Bertz CT molecular complexity index is 392. The summed E-state index contributed by atoms with van der Waals surface area (Å²) >= 11 is 0. The first-order valence-electron chi connectivity index (χ1n) is 7.54. The summed E-state index contributed by atoms with van der Waals surface area (Å²) in [5, 5.41) is 0. The van der Waals surface area contributed by atoms with E-state index in [4.69, 9.17) is 10.5 Å². The van der Waals surface area contributed by atoms with Crippen LogP contribution in [0.4, 0.5) is 0 Å². The van der Waals surface area contributed by atoms with Crippen molar-refractivity contribution < 1.29 is 4.74 Å². The van der Waals surface area contributed by atoms with E-state index in [-0.39, 0.29) is 6.04 Å². The summed E-state index contributed by atoms with van der Waals surface area (Å²) in [7, 11) is 0. The van der Waals surface area contributed by atoms with E-state index in [1.807, 2.05) is 6.92 Å². The zero-order valence-corrected chi connectivity index (χ0v) is 12.4. The smallest absolute Gasteiger partial charge is 0.122 e. The van der Waals surface area contributed by atoms with Crippen LogP contribution < -0.4 is 10.5 Å². The molecule has 0 amide bonds. The van der Waals surface area contributed by atoms with Gasteiger partial charge in [0, 0.05) is 6.04 Å². The topological polar surface area (TPSA) is 35.2 Å². The molecule has 2 heteroatoms. The summed E-state index contributed by atoms with van der Waals surface area (Å²) in [5.74, 6) is 2.58. The SMILES string of the molecule is CC(N)Cc1ccccc1OC1CC(C)CC(C)C1. The fourth-order valence-electron chi connectivity index (χ4n) is 3.28. The van der Waals surface area contributed by atoms with Gasteiger partial charge in [0.05, 0.1) is 6.10 Å². The van der Waals surface area contributed by atoms with Crippen LogP contribution in [0.2, 0.25) is 0 Å². The maximum atomic E-state index is 6.27. The van der Waals surface area contributed by atoms with Crippen LogP contribution in [0.3, 0.4) is 0 Å². The minimum atomic E-state index is 0.175. The molecule has 19 heavy (non-hydrogen) atoms. The first-order chi connectivity index (χ1) is 9.04. The fourth-order valence-corrected chi connectivity index (χ4v) is 3.28. The van der Waals surface area contributed by atoms with Crippen molar-refractivity contribution >= 4 is 0 Å². The third-order valence-corrected chi connectivity index (χ3v) is 3.94. The number of benzene rings is 1. The maximum absolute atomic E-state index is 6.27. The van der Waals surface area contributed by atoms with E-state index in [0.29, 0.717) is 6.10 Å². The van der Waals surface area contributed by atoms with Crippen molar-refractivity contribution in [3.05, 3.63) is 29.8 Å². The molecule has 3 unspecified atom stereocenters. The number of para-hydroxylation sites is 1. The molecule has 3 atom stereocenters. The molecule has 0 spiro atoms.